The highest BCUT2D eigenvalue weighted by molar-refractivity contribution is 6.17. The standard InChI is InChI=1S/C13H21Cl/c1-2-3-4-5-6-7-8-9-10-11-12-13-14/h2-7H,8-13H2,1H3/b3-2+,5-4+,7-6?. The number of unbranched alkanes of at least 4 members (excludes halogenated alkanes) is 4. The molecular formula is C13H21Cl. The minimum atomic E-state index is 0.807. The molecule has 0 aromatic carbocycles. The third-order valence-electron chi connectivity index (χ3n) is 1.92. The maximum Gasteiger partial charge on any atom is 0.0223 e. The molecule has 0 unspecified atom stereocenters. The van der Waals surface area contributed by atoms with Crippen LogP contribution in [0.3, 0.4) is 0 Å². The first-order valence-electron chi connectivity index (χ1n) is 5.42. The lowest BCUT2D eigenvalue weighted by Crippen LogP contribution is -1.77. The summed E-state index contributed by atoms with van der Waals surface area (Å²) >= 11 is 5.58. The summed E-state index contributed by atoms with van der Waals surface area (Å²) in [6, 6.07) is 0. The minimum absolute atomic E-state index is 0.807. The van der Waals surface area contributed by atoms with E-state index in [1.165, 1.54) is 25.7 Å². The van der Waals surface area contributed by atoms with Crippen molar-refractivity contribution in [3.05, 3.63) is 36.5 Å². The van der Waals surface area contributed by atoms with Gasteiger partial charge in [-0.3, -0.25) is 0 Å². The Morgan fingerprint density at radius 2 is 1.57 bits per heavy atom. The van der Waals surface area contributed by atoms with Crippen molar-refractivity contribution in [2.24, 2.45) is 0 Å². The lowest BCUT2D eigenvalue weighted by molar-refractivity contribution is 0.677. The second-order valence-electron chi connectivity index (χ2n) is 3.23. The van der Waals surface area contributed by atoms with Crippen molar-refractivity contribution < 1.29 is 0 Å². The number of rotatable bonds is 8. The summed E-state index contributed by atoms with van der Waals surface area (Å²) in [6.45, 7) is 2.02. The molecule has 0 fully saturated rings. The van der Waals surface area contributed by atoms with E-state index in [-0.39, 0.29) is 0 Å². The van der Waals surface area contributed by atoms with Crippen LogP contribution in [0.25, 0.3) is 0 Å². The minimum Gasteiger partial charge on any atom is -0.127 e. The van der Waals surface area contributed by atoms with Gasteiger partial charge >= 0.3 is 0 Å². The van der Waals surface area contributed by atoms with Gasteiger partial charge in [0.15, 0.2) is 0 Å². The molecule has 0 radical (unpaired) electrons. The van der Waals surface area contributed by atoms with Crippen molar-refractivity contribution in [1.82, 2.24) is 0 Å². The van der Waals surface area contributed by atoms with Crippen molar-refractivity contribution in [3.8, 4) is 0 Å². The third kappa shape index (κ3) is 11.5. The monoisotopic (exact) mass is 212 g/mol. The molecule has 80 valence electrons. The molecule has 0 aliphatic carbocycles. The van der Waals surface area contributed by atoms with Crippen LogP contribution in [0.2, 0.25) is 0 Å². The van der Waals surface area contributed by atoms with E-state index in [4.69, 9.17) is 11.6 Å². The summed E-state index contributed by atoms with van der Waals surface area (Å²) in [6.07, 6.45) is 18.7. The van der Waals surface area contributed by atoms with E-state index >= 15 is 0 Å². The van der Waals surface area contributed by atoms with E-state index in [2.05, 4.69) is 18.2 Å². The molecule has 0 aliphatic heterocycles. The van der Waals surface area contributed by atoms with Crippen molar-refractivity contribution in [1.29, 1.82) is 0 Å². The molecule has 0 amide bonds. The number of alkyl halides is 1. The largest absolute Gasteiger partial charge is 0.127 e. The molecule has 0 N–H and O–H groups in total. The summed E-state index contributed by atoms with van der Waals surface area (Å²) in [5.41, 5.74) is 0. The zero-order valence-corrected chi connectivity index (χ0v) is 9.84. The zero-order chi connectivity index (χ0) is 10.5. The maximum absolute atomic E-state index is 5.58. The van der Waals surface area contributed by atoms with Gasteiger partial charge in [0.05, 0.1) is 0 Å². The fraction of sp³-hybridized carbons (Fsp3) is 0.538. The van der Waals surface area contributed by atoms with Crippen LogP contribution < -0.4 is 0 Å². The van der Waals surface area contributed by atoms with Gasteiger partial charge in [0.25, 0.3) is 0 Å². The van der Waals surface area contributed by atoms with Gasteiger partial charge in [0, 0.05) is 5.88 Å². The van der Waals surface area contributed by atoms with E-state index in [0.29, 0.717) is 0 Å². The van der Waals surface area contributed by atoms with Crippen LogP contribution in [0.1, 0.15) is 39.0 Å². The quantitative estimate of drug-likeness (QED) is 0.306. The number of allylic oxidation sites excluding steroid dienone is 6. The van der Waals surface area contributed by atoms with Crippen molar-refractivity contribution in [3.63, 3.8) is 0 Å². The van der Waals surface area contributed by atoms with Gasteiger partial charge in [0.1, 0.15) is 0 Å². The van der Waals surface area contributed by atoms with Gasteiger partial charge in [-0.25, -0.2) is 0 Å². The summed E-state index contributed by atoms with van der Waals surface area (Å²) in [4.78, 5) is 0. The molecule has 0 aliphatic rings. The Kier molecular flexibility index (Phi) is 12.1. The first-order valence-corrected chi connectivity index (χ1v) is 5.95. The first-order chi connectivity index (χ1) is 6.91. The summed E-state index contributed by atoms with van der Waals surface area (Å²) in [5.74, 6) is 0.807. The zero-order valence-electron chi connectivity index (χ0n) is 9.08. The SMILES string of the molecule is C/C=C/C=C/C=CCCCCCCCl. The van der Waals surface area contributed by atoms with Crippen molar-refractivity contribution >= 4 is 11.6 Å². The second kappa shape index (κ2) is 12.5. The summed E-state index contributed by atoms with van der Waals surface area (Å²) in [5, 5.41) is 0. The third-order valence-corrected chi connectivity index (χ3v) is 2.18. The van der Waals surface area contributed by atoms with Crippen molar-refractivity contribution in [2.45, 2.75) is 39.0 Å². The molecule has 0 aromatic rings. The molecule has 0 atom stereocenters. The fourth-order valence-electron chi connectivity index (χ4n) is 1.12. The molecule has 0 nitrogen and oxygen atoms in total. The van der Waals surface area contributed by atoms with Crippen LogP contribution in [0.5, 0.6) is 0 Å². The molecule has 0 saturated heterocycles. The van der Waals surface area contributed by atoms with Crippen LogP contribution in [0, 0.1) is 0 Å². The molecule has 0 aromatic heterocycles. The normalized spacial score (nSPS) is 12.4. The Balaban J connectivity index is 3.18. The Morgan fingerprint density at radius 3 is 2.29 bits per heavy atom. The smallest absolute Gasteiger partial charge is 0.0223 e. The van der Waals surface area contributed by atoms with Gasteiger partial charge in [0.2, 0.25) is 0 Å². The van der Waals surface area contributed by atoms with E-state index in [1.54, 1.807) is 0 Å². The average Bonchev–Trinajstić information content (AvgIpc) is 2.21. The topological polar surface area (TPSA) is 0 Å². The molecule has 0 bridgehead atoms. The molecule has 0 rings (SSSR count). The van der Waals surface area contributed by atoms with Crippen LogP contribution in [-0.4, -0.2) is 5.88 Å². The van der Waals surface area contributed by atoms with Gasteiger partial charge in [-0.1, -0.05) is 49.3 Å². The van der Waals surface area contributed by atoms with Gasteiger partial charge in [-0.05, 0) is 26.2 Å². The van der Waals surface area contributed by atoms with Crippen LogP contribution in [-0.2, 0) is 0 Å². The number of halogens is 1. The molecule has 14 heavy (non-hydrogen) atoms. The molecule has 1 heteroatoms. The summed E-state index contributed by atoms with van der Waals surface area (Å²) in [7, 11) is 0. The van der Waals surface area contributed by atoms with E-state index < -0.39 is 0 Å². The first kappa shape index (κ1) is 13.5. The summed E-state index contributed by atoms with van der Waals surface area (Å²) < 4.78 is 0. The fourth-order valence-corrected chi connectivity index (χ4v) is 1.31. The Hall–Kier alpha value is -0.490. The Labute approximate surface area is 93.4 Å². The highest BCUT2D eigenvalue weighted by atomic mass is 35.5. The predicted octanol–water partition coefficient (Wildman–Crippen LogP) is 4.86. The van der Waals surface area contributed by atoms with E-state index in [0.717, 1.165) is 12.3 Å². The molecule has 0 saturated carbocycles. The van der Waals surface area contributed by atoms with Gasteiger partial charge in [-0.2, -0.15) is 0 Å². The molecular weight excluding hydrogens is 192 g/mol. The number of hydrogen-bond acceptors (Lipinski definition) is 0. The van der Waals surface area contributed by atoms with Gasteiger partial charge in [-0.15, -0.1) is 11.6 Å². The Bertz CT molecular complexity index is 178. The highest BCUT2D eigenvalue weighted by Crippen LogP contribution is 2.04. The predicted molar refractivity (Wildman–Crippen MR) is 66.9 cm³/mol. The maximum atomic E-state index is 5.58. The molecule has 0 heterocycles. The van der Waals surface area contributed by atoms with Crippen LogP contribution in [0.15, 0.2) is 36.5 Å². The lowest BCUT2D eigenvalue weighted by atomic mass is 10.1. The van der Waals surface area contributed by atoms with Crippen molar-refractivity contribution in [2.75, 3.05) is 5.88 Å². The molecule has 0 spiro atoms. The highest BCUT2D eigenvalue weighted by Gasteiger charge is 1.86. The number of hydrogen-bond donors (Lipinski definition) is 0. The van der Waals surface area contributed by atoms with E-state index in [9.17, 15) is 0 Å². The Morgan fingerprint density at radius 1 is 0.857 bits per heavy atom. The van der Waals surface area contributed by atoms with Crippen LogP contribution in [0.4, 0.5) is 0 Å². The average molecular weight is 213 g/mol. The van der Waals surface area contributed by atoms with Gasteiger partial charge < -0.3 is 0 Å². The lowest BCUT2D eigenvalue weighted by Gasteiger charge is -1.94. The van der Waals surface area contributed by atoms with E-state index in [1.807, 2.05) is 25.2 Å². The second-order valence-corrected chi connectivity index (χ2v) is 3.61. The van der Waals surface area contributed by atoms with Crippen LogP contribution >= 0.6 is 11.6 Å².